The summed E-state index contributed by atoms with van der Waals surface area (Å²) < 4.78 is 37.0. The Kier molecular flexibility index (Phi) is 12.7. The summed E-state index contributed by atoms with van der Waals surface area (Å²) in [6.07, 6.45) is 12.2. The van der Waals surface area contributed by atoms with Crippen LogP contribution in [-0.4, -0.2) is 13.0 Å². The minimum absolute atomic E-state index is 0. The fourth-order valence-electron chi connectivity index (χ4n) is 3.26. The summed E-state index contributed by atoms with van der Waals surface area (Å²) in [5, 5.41) is 12.3. The summed E-state index contributed by atoms with van der Waals surface area (Å²) in [7, 11) is -4.32. The first-order chi connectivity index (χ1) is 13.9. The summed E-state index contributed by atoms with van der Waals surface area (Å²) in [6.45, 7) is 2.23. The van der Waals surface area contributed by atoms with Gasteiger partial charge in [0.2, 0.25) is 0 Å². The first kappa shape index (κ1) is 27.0. The molecule has 0 spiro atoms. The molecular formula is C23H31NaO5S. The van der Waals surface area contributed by atoms with E-state index >= 15 is 0 Å². The largest absolute Gasteiger partial charge is 1.00 e. The smallest absolute Gasteiger partial charge is 0.870 e. The summed E-state index contributed by atoms with van der Waals surface area (Å²) in [4.78, 5) is -0.274. The third kappa shape index (κ3) is 9.84. The molecule has 0 aliphatic rings. The van der Waals surface area contributed by atoms with Gasteiger partial charge in [-0.3, -0.25) is 4.55 Å². The third-order valence-corrected chi connectivity index (χ3v) is 5.76. The van der Waals surface area contributed by atoms with E-state index in [1.54, 1.807) is 12.1 Å². The predicted octanol–water partition coefficient (Wildman–Crippen LogP) is 2.88. The average Bonchev–Trinajstić information content (AvgIpc) is 2.68. The first-order valence-corrected chi connectivity index (χ1v) is 11.9. The molecule has 2 rings (SSSR count). The minimum atomic E-state index is -4.32. The monoisotopic (exact) mass is 442 g/mol. The molecule has 30 heavy (non-hydrogen) atoms. The molecule has 0 aliphatic heterocycles. The van der Waals surface area contributed by atoms with Gasteiger partial charge in [0.05, 0.1) is 4.90 Å². The van der Waals surface area contributed by atoms with Crippen LogP contribution in [0.25, 0.3) is 0 Å². The first-order valence-electron chi connectivity index (χ1n) is 10.5. The van der Waals surface area contributed by atoms with Crippen molar-refractivity contribution >= 4 is 10.1 Å². The van der Waals surface area contributed by atoms with E-state index in [0.29, 0.717) is 0 Å². The average molecular weight is 443 g/mol. The van der Waals surface area contributed by atoms with Crippen LogP contribution in [0.2, 0.25) is 0 Å². The molecule has 0 bridgehead atoms. The molecule has 0 unspecified atom stereocenters. The van der Waals surface area contributed by atoms with E-state index in [-0.39, 0.29) is 51.7 Å². The van der Waals surface area contributed by atoms with Gasteiger partial charge >= 0.3 is 29.6 Å². The van der Waals surface area contributed by atoms with Crippen molar-refractivity contribution in [2.45, 2.75) is 76.0 Å². The van der Waals surface area contributed by atoms with E-state index in [9.17, 15) is 13.5 Å². The van der Waals surface area contributed by atoms with E-state index < -0.39 is 10.1 Å². The Morgan fingerprint density at radius 2 is 1.53 bits per heavy atom. The maximum absolute atomic E-state index is 12.3. The van der Waals surface area contributed by atoms with Crippen molar-refractivity contribution in [2.24, 2.45) is 0 Å². The molecule has 0 amide bonds. The zero-order chi connectivity index (χ0) is 21.1. The molecule has 0 aliphatic carbocycles. The topological polar surface area (TPSA) is 86.7 Å². The number of hydrogen-bond acceptors (Lipinski definition) is 4. The molecule has 0 heterocycles. The molecule has 0 aromatic heterocycles. The van der Waals surface area contributed by atoms with E-state index in [0.717, 1.165) is 18.4 Å². The van der Waals surface area contributed by atoms with E-state index in [1.807, 2.05) is 6.07 Å². The molecular weight excluding hydrogens is 411 g/mol. The normalized spacial score (nSPS) is 11.1. The van der Waals surface area contributed by atoms with E-state index in [1.165, 1.54) is 75.6 Å². The molecule has 0 saturated carbocycles. The molecule has 0 fully saturated rings. The molecule has 0 radical (unpaired) electrons. The second-order valence-corrected chi connectivity index (χ2v) is 8.83. The SMILES string of the molecule is CCCCCCCCCCCc1ccc(Oc2cccc(S(=O)(=O)O)c2)c([O-])c1.[Na+]. The van der Waals surface area contributed by atoms with Gasteiger partial charge in [-0.05, 0) is 36.6 Å². The summed E-state index contributed by atoms with van der Waals surface area (Å²) in [5.41, 5.74) is 0.983. The Morgan fingerprint density at radius 3 is 2.13 bits per heavy atom. The number of aryl methyl sites for hydroxylation is 1. The number of rotatable bonds is 13. The number of unbranched alkanes of at least 4 members (excludes halogenated alkanes) is 8. The van der Waals surface area contributed by atoms with Crippen molar-refractivity contribution in [3.8, 4) is 17.2 Å². The van der Waals surface area contributed by atoms with Crippen molar-refractivity contribution in [3.05, 3.63) is 48.0 Å². The third-order valence-electron chi connectivity index (χ3n) is 4.91. The van der Waals surface area contributed by atoms with Crippen molar-refractivity contribution in [2.75, 3.05) is 0 Å². The molecule has 160 valence electrons. The van der Waals surface area contributed by atoms with Gasteiger partial charge in [-0.2, -0.15) is 8.42 Å². The van der Waals surface area contributed by atoms with Crippen LogP contribution in [0.1, 0.15) is 70.3 Å². The standard InChI is InChI=1S/C23H32O5S.Na/c1-2-3-4-5-6-7-8-9-10-12-19-15-16-23(22(24)17-19)28-20-13-11-14-21(18-20)29(25,26)27;/h11,13-18,24H,2-10,12H2,1H3,(H,25,26,27);/q;+1/p-1. The Hall–Kier alpha value is -1.05. The summed E-state index contributed by atoms with van der Waals surface area (Å²) >= 11 is 0. The van der Waals surface area contributed by atoms with Crippen LogP contribution < -0.4 is 39.4 Å². The number of hydrogen-bond donors (Lipinski definition) is 1. The fourth-order valence-corrected chi connectivity index (χ4v) is 3.77. The second kappa shape index (κ2) is 14.1. The molecule has 0 atom stereocenters. The van der Waals surface area contributed by atoms with Crippen LogP contribution in [0, 0.1) is 0 Å². The van der Waals surface area contributed by atoms with Crippen LogP contribution in [-0.2, 0) is 16.5 Å². The van der Waals surface area contributed by atoms with Gasteiger partial charge in [0, 0.05) is 6.07 Å². The molecule has 2 aromatic carbocycles. The fraction of sp³-hybridized carbons (Fsp3) is 0.478. The zero-order valence-electron chi connectivity index (χ0n) is 18.1. The number of benzene rings is 2. The quantitative estimate of drug-likeness (QED) is 0.293. The molecule has 1 N–H and O–H groups in total. The van der Waals surface area contributed by atoms with Gasteiger partial charge in [0.1, 0.15) is 11.5 Å². The van der Waals surface area contributed by atoms with Crippen molar-refractivity contribution < 1.29 is 52.4 Å². The van der Waals surface area contributed by atoms with Crippen molar-refractivity contribution in [3.63, 3.8) is 0 Å². The van der Waals surface area contributed by atoms with E-state index in [4.69, 9.17) is 9.29 Å². The summed E-state index contributed by atoms with van der Waals surface area (Å²) in [5.74, 6) is 0.0768. The van der Waals surface area contributed by atoms with Gasteiger partial charge in [0.25, 0.3) is 10.1 Å². The van der Waals surface area contributed by atoms with Gasteiger partial charge in [-0.1, -0.05) is 82.2 Å². The summed E-state index contributed by atoms with van der Waals surface area (Å²) in [6, 6.07) is 10.5. The molecule has 2 aromatic rings. The van der Waals surface area contributed by atoms with Gasteiger partial charge in [0.15, 0.2) is 0 Å². The molecule has 7 heteroatoms. The molecule has 5 nitrogen and oxygen atoms in total. The van der Waals surface area contributed by atoms with Crippen LogP contribution >= 0.6 is 0 Å². The molecule has 0 saturated heterocycles. The van der Waals surface area contributed by atoms with Crippen molar-refractivity contribution in [1.29, 1.82) is 0 Å². The Labute approximate surface area is 202 Å². The van der Waals surface area contributed by atoms with Crippen LogP contribution in [0.15, 0.2) is 47.4 Å². The Bertz CT molecular complexity index is 868. The maximum atomic E-state index is 12.3. The maximum Gasteiger partial charge on any atom is 1.00 e. The van der Waals surface area contributed by atoms with Gasteiger partial charge < -0.3 is 9.84 Å². The Balaban J connectivity index is 0.00000450. The van der Waals surface area contributed by atoms with Crippen LogP contribution in [0.3, 0.4) is 0 Å². The van der Waals surface area contributed by atoms with Gasteiger partial charge in [-0.15, -0.1) is 0 Å². The number of ether oxygens (including phenoxy) is 1. The minimum Gasteiger partial charge on any atom is -0.870 e. The van der Waals surface area contributed by atoms with E-state index in [2.05, 4.69) is 6.92 Å². The second-order valence-electron chi connectivity index (χ2n) is 7.41. The van der Waals surface area contributed by atoms with Gasteiger partial charge in [-0.25, -0.2) is 0 Å². The van der Waals surface area contributed by atoms with Crippen LogP contribution in [0.5, 0.6) is 17.2 Å². The van der Waals surface area contributed by atoms with Crippen LogP contribution in [0.4, 0.5) is 0 Å². The predicted molar refractivity (Wildman–Crippen MR) is 113 cm³/mol. The zero-order valence-corrected chi connectivity index (χ0v) is 20.9. The van der Waals surface area contributed by atoms with Crippen molar-refractivity contribution in [1.82, 2.24) is 0 Å². The Morgan fingerprint density at radius 1 is 0.900 bits per heavy atom.